The van der Waals surface area contributed by atoms with Gasteiger partial charge in [-0.15, -0.1) is 0 Å². The van der Waals surface area contributed by atoms with Crippen LogP contribution in [0.25, 0.3) is 0 Å². The van der Waals surface area contributed by atoms with Gasteiger partial charge < -0.3 is 24.3 Å². The first-order valence-electron chi connectivity index (χ1n) is 9.74. The zero-order valence-corrected chi connectivity index (χ0v) is 16.7. The van der Waals surface area contributed by atoms with Crippen LogP contribution in [0.4, 0.5) is 0 Å². The molecular formula is C24H23NO5. The Kier molecular flexibility index (Phi) is 6.03. The molecule has 6 nitrogen and oxygen atoms in total. The van der Waals surface area contributed by atoms with Crippen molar-refractivity contribution >= 4 is 5.91 Å². The fourth-order valence-corrected chi connectivity index (χ4v) is 3.14. The molecule has 3 aromatic carbocycles. The lowest BCUT2D eigenvalue weighted by Gasteiger charge is -2.26. The molecule has 1 amide bonds. The zero-order chi connectivity index (χ0) is 20.8. The van der Waals surface area contributed by atoms with Gasteiger partial charge in [-0.25, -0.2) is 0 Å². The highest BCUT2D eigenvalue weighted by Crippen LogP contribution is 2.31. The molecule has 0 saturated carbocycles. The number of nitrogens with one attached hydrogen (secondary N) is 1. The second-order valence-corrected chi connectivity index (χ2v) is 6.85. The number of benzene rings is 3. The van der Waals surface area contributed by atoms with E-state index in [0.29, 0.717) is 42.6 Å². The Morgan fingerprint density at radius 1 is 1.00 bits per heavy atom. The molecule has 0 saturated heterocycles. The Bertz CT molecular complexity index is 1010. The standard InChI is InChI=1S/C24H23NO5/c1-27-23-13-18(11-12-21(23)28-15-17-7-3-2-4-8-17)24(26)25-14-19-16-29-20-9-5-6-10-22(20)30-19/h2-13,19H,14-16H2,1H3,(H,25,26). The van der Waals surface area contributed by atoms with Crippen LogP contribution in [0.2, 0.25) is 0 Å². The number of fused-ring (bicyclic) bond motifs is 1. The van der Waals surface area contributed by atoms with Gasteiger partial charge >= 0.3 is 0 Å². The highest BCUT2D eigenvalue weighted by molar-refractivity contribution is 5.94. The summed E-state index contributed by atoms with van der Waals surface area (Å²) in [5.41, 5.74) is 1.54. The van der Waals surface area contributed by atoms with Crippen molar-refractivity contribution in [3.63, 3.8) is 0 Å². The van der Waals surface area contributed by atoms with E-state index in [2.05, 4.69) is 5.32 Å². The summed E-state index contributed by atoms with van der Waals surface area (Å²) in [6, 6.07) is 22.5. The number of carbonyl (C=O) groups is 1. The van der Waals surface area contributed by atoms with Crippen LogP contribution in [0.3, 0.4) is 0 Å². The number of ether oxygens (including phenoxy) is 4. The van der Waals surface area contributed by atoms with E-state index >= 15 is 0 Å². The smallest absolute Gasteiger partial charge is 0.251 e. The molecule has 3 aromatic rings. The minimum absolute atomic E-state index is 0.217. The van der Waals surface area contributed by atoms with Crippen LogP contribution in [-0.2, 0) is 6.61 Å². The van der Waals surface area contributed by atoms with E-state index in [1.807, 2.05) is 54.6 Å². The monoisotopic (exact) mass is 405 g/mol. The number of hydrogen-bond acceptors (Lipinski definition) is 5. The Labute approximate surface area is 175 Å². The Balaban J connectivity index is 1.35. The highest BCUT2D eigenvalue weighted by atomic mass is 16.6. The highest BCUT2D eigenvalue weighted by Gasteiger charge is 2.21. The Morgan fingerprint density at radius 3 is 2.57 bits per heavy atom. The van der Waals surface area contributed by atoms with Crippen LogP contribution in [0, 0.1) is 0 Å². The van der Waals surface area contributed by atoms with E-state index in [4.69, 9.17) is 18.9 Å². The number of para-hydroxylation sites is 2. The lowest BCUT2D eigenvalue weighted by atomic mass is 10.1. The van der Waals surface area contributed by atoms with Crippen LogP contribution < -0.4 is 24.3 Å². The first kappa shape index (κ1) is 19.6. The van der Waals surface area contributed by atoms with Gasteiger partial charge in [0.15, 0.2) is 23.0 Å². The van der Waals surface area contributed by atoms with E-state index in [1.165, 1.54) is 0 Å². The number of methoxy groups -OCH3 is 1. The van der Waals surface area contributed by atoms with Crippen molar-refractivity contribution in [3.05, 3.63) is 83.9 Å². The van der Waals surface area contributed by atoms with Gasteiger partial charge in [0.2, 0.25) is 0 Å². The molecule has 1 aliphatic rings. The van der Waals surface area contributed by atoms with Gasteiger partial charge in [0, 0.05) is 5.56 Å². The van der Waals surface area contributed by atoms with E-state index in [0.717, 1.165) is 11.3 Å². The van der Waals surface area contributed by atoms with Crippen molar-refractivity contribution in [1.29, 1.82) is 0 Å². The molecule has 1 atom stereocenters. The van der Waals surface area contributed by atoms with Crippen LogP contribution in [0.15, 0.2) is 72.8 Å². The summed E-state index contributed by atoms with van der Waals surface area (Å²) in [7, 11) is 1.55. The molecule has 0 spiro atoms. The Hall–Kier alpha value is -3.67. The average Bonchev–Trinajstić information content (AvgIpc) is 2.81. The molecule has 1 unspecified atom stereocenters. The van der Waals surface area contributed by atoms with Gasteiger partial charge in [-0.1, -0.05) is 42.5 Å². The average molecular weight is 405 g/mol. The van der Waals surface area contributed by atoms with Gasteiger partial charge in [-0.3, -0.25) is 4.79 Å². The molecule has 4 rings (SSSR count). The summed E-state index contributed by atoms with van der Waals surface area (Å²) < 4.78 is 22.8. The second kappa shape index (κ2) is 9.22. The van der Waals surface area contributed by atoms with Crippen LogP contribution in [0.5, 0.6) is 23.0 Å². The largest absolute Gasteiger partial charge is 0.493 e. The molecule has 0 aromatic heterocycles. The van der Waals surface area contributed by atoms with E-state index in [1.54, 1.807) is 25.3 Å². The molecule has 0 fully saturated rings. The second-order valence-electron chi connectivity index (χ2n) is 6.85. The van der Waals surface area contributed by atoms with Crippen LogP contribution in [0.1, 0.15) is 15.9 Å². The molecule has 0 bridgehead atoms. The Morgan fingerprint density at radius 2 is 1.77 bits per heavy atom. The molecule has 1 heterocycles. The maximum atomic E-state index is 12.6. The summed E-state index contributed by atoms with van der Waals surface area (Å²) in [5, 5.41) is 2.89. The van der Waals surface area contributed by atoms with Crippen LogP contribution >= 0.6 is 0 Å². The van der Waals surface area contributed by atoms with E-state index in [9.17, 15) is 4.79 Å². The number of rotatable bonds is 7. The predicted molar refractivity (Wildman–Crippen MR) is 112 cm³/mol. The normalized spacial score (nSPS) is 14.6. The van der Waals surface area contributed by atoms with E-state index < -0.39 is 0 Å². The third-order valence-electron chi connectivity index (χ3n) is 4.72. The number of amides is 1. The maximum Gasteiger partial charge on any atom is 0.251 e. The zero-order valence-electron chi connectivity index (χ0n) is 16.7. The SMILES string of the molecule is COc1cc(C(=O)NCC2COc3ccccc3O2)ccc1OCc1ccccc1. The minimum atomic E-state index is -0.251. The fraction of sp³-hybridized carbons (Fsp3) is 0.208. The van der Waals surface area contributed by atoms with Gasteiger partial charge in [-0.05, 0) is 35.9 Å². The van der Waals surface area contributed by atoms with Crippen molar-refractivity contribution in [2.45, 2.75) is 12.7 Å². The first-order valence-corrected chi connectivity index (χ1v) is 9.74. The summed E-state index contributed by atoms with van der Waals surface area (Å²) in [4.78, 5) is 12.6. The maximum absolute atomic E-state index is 12.6. The molecule has 0 radical (unpaired) electrons. The lowest BCUT2D eigenvalue weighted by molar-refractivity contribution is 0.0789. The summed E-state index contributed by atoms with van der Waals surface area (Å²) in [6.45, 7) is 1.14. The number of hydrogen-bond donors (Lipinski definition) is 1. The first-order chi connectivity index (χ1) is 14.7. The van der Waals surface area contributed by atoms with Crippen molar-refractivity contribution in [2.75, 3.05) is 20.3 Å². The third kappa shape index (κ3) is 4.66. The van der Waals surface area contributed by atoms with E-state index in [-0.39, 0.29) is 12.0 Å². The summed E-state index contributed by atoms with van der Waals surface area (Å²) >= 11 is 0. The van der Waals surface area contributed by atoms with Crippen molar-refractivity contribution in [2.24, 2.45) is 0 Å². The van der Waals surface area contributed by atoms with Crippen LogP contribution in [-0.4, -0.2) is 32.3 Å². The van der Waals surface area contributed by atoms with Gasteiger partial charge in [0.25, 0.3) is 5.91 Å². The molecule has 6 heteroatoms. The summed E-state index contributed by atoms with van der Waals surface area (Å²) in [6.07, 6.45) is -0.251. The molecule has 30 heavy (non-hydrogen) atoms. The number of carbonyl (C=O) groups excluding carboxylic acids is 1. The quantitative estimate of drug-likeness (QED) is 0.647. The van der Waals surface area contributed by atoms with Gasteiger partial charge in [-0.2, -0.15) is 0 Å². The summed E-state index contributed by atoms with van der Waals surface area (Å²) in [5.74, 6) is 2.27. The molecule has 1 N–H and O–H groups in total. The van der Waals surface area contributed by atoms with Crippen molar-refractivity contribution in [3.8, 4) is 23.0 Å². The van der Waals surface area contributed by atoms with Crippen molar-refractivity contribution < 1.29 is 23.7 Å². The molecule has 154 valence electrons. The van der Waals surface area contributed by atoms with Crippen molar-refractivity contribution in [1.82, 2.24) is 5.32 Å². The third-order valence-corrected chi connectivity index (χ3v) is 4.72. The predicted octanol–water partition coefficient (Wildman–Crippen LogP) is 3.84. The minimum Gasteiger partial charge on any atom is -0.493 e. The lowest BCUT2D eigenvalue weighted by Crippen LogP contribution is -2.40. The van der Waals surface area contributed by atoms with Gasteiger partial charge in [0.05, 0.1) is 13.7 Å². The van der Waals surface area contributed by atoms with Gasteiger partial charge in [0.1, 0.15) is 19.3 Å². The topological polar surface area (TPSA) is 66.0 Å². The molecule has 0 aliphatic carbocycles. The molecule has 1 aliphatic heterocycles. The fourth-order valence-electron chi connectivity index (χ4n) is 3.14. The molecular weight excluding hydrogens is 382 g/mol.